The number of amides is 1. The molecule has 1 saturated carbocycles. The van der Waals surface area contributed by atoms with E-state index in [0.29, 0.717) is 22.8 Å². The third-order valence-electron chi connectivity index (χ3n) is 3.94. The second-order valence-electron chi connectivity index (χ2n) is 5.67. The van der Waals surface area contributed by atoms with E-state index in [9.17, 15) is 9.90 Å². The number of hydrogen-bond donors (Lipinski definition) is 2. The average Bonchev–Trinajstić information content (AvgIpc) is 2.90. The normalized spacial score (nSPS) is 21.2. The lowest BCUT2D eigenvalue weighted by atomic mass is 9.93. The minimum absolute atomic E-state index is 0.0525. The largest absolute Gasteiger partial charge is 0.393 e. The number of benzene rings is 1. The minimum atomic E-state index is -0.391. The highest BCUT2D eigenvalue weighted by Gasteiger charge is 2.26. The van der Waals surface area contributed by atoms with E-state index in [1.54, 1.807) is 24.3 Å². The summed E-state index contributed by atoms with van der Waals surface area (Å²) in [6, 6.07) is 6.83. The van der Waals surface area contributed by atoms with Gasteiger partial charge in [-0.2, -0.15) is 0 Å². The highest BCUT2D eigenvalue weighted by Crippen LogP contribution is 2.31. The fourth-order valence-corrected chi connectivity index (χ4v) is 3.14. The van der Waals surface area contributed by atoms with Crippen LogP contribution in [0.25, 0.3) is 11.3 Å². The number of aliphatic hydroxyl groups is 1. The number of carbonyl (C=O) groups excluding carboxylic acids is 1. The van der Waals surface area contributed by atoms with Gasteiger partial charge in [0.2, 0.25) is 0 Å². The Morgan fingerprint density at radius 2 is 2.00 bits per heavy atom. The number of rotatable bonds is 3. The van der Waals surface area contributed by atoms with Gasteiger partial charge in [-0.15, -0.1) is 0 Å². The van der Waals surface area contributed by atoms with Crippen LogP contribution in [0, 0.1) is 0 Å². The Labute approximate surface area is 143 Å². The Morgan fingerprint density at radius 1 is 1.26 bits per heavy atom. The standard InChI is InChI=1S/C16H16Cl2N2O3/c17-10-6-4-9(5-7-10)15-13(18)14(20-23-15)16(22)19-11-2-1-3-12(21)8-11/h4-7,11-12,21H,1-3,8H2,(H,19,22)/t11-,12+/m1/s1. The van der Waals surface area contributed by atoms with Crippen LogP contribution in [0.4, 0.5) is 0 Å². The van der Waals surface area contributed by atoms with Crippen LogP contribution >= 0.6 is 23.2 Å². The van der Waals surface area contributed by atoms with Gasteiger partial charge in [-0.05, 0) is 49.9 Å². The first-order valence-electron chi connectivity index (χ1n) is 7.44. The van der Waals surface area contributed by atoms with Crippen molar-refractivity contribution in [1.29, 1.82) is 0 Å². The molecule has 1 amide bonds. The first-order valence-corrected chi connectivity index (χ1v) is 8.20. The lowest BCUT2D eigenvalue weighted by Crippen LogP contribution is -2.40. The molecule has 1 fully saturated rings. The molecule has 0 radical (unpaired) electrons. The molecular weight excluding hydrogens is 339 g/mol. The van der Waals surface area contributed by atoms with Crippen molar-refractivity contribution >= 4 is 29.1 Å². The van der Waals surface area contributed by atoms with Crippen LogP contribution in [0.2, 0.25) is 10.0 Å². The van der Waals surface area contributed by atoms with E-state index >= 15 is 0 Å². The Kier molecular flexibility index (Phi) is 4.90. The zero-order chi connectivity index (χ0) is 16.4. The number of nitrogens with zero attached hydrogens (tertiary/aromatic N) is 1. The van der Waals surface area contributed by atoms with E-state index < -0.39 is 5.91 Å². The van der Waals surface area contributed by atoms with Crippen LogP contribution in [0.1, 0.15) is 36.2 Å². The van der Waals surface area contributed by atoms with E-state index in [-0.39, 0.29) is 22.9 Å². The number of carbonyl (C=O) groups is 1. The maximum Gasteiger partial charge on any atom is 0.275 e. The van der Waals surface area contributed by atoms with Crippen molar-refractivity contribution in [2.75, 3.05) is 0 Å². The molecule has 1 aromatic heterocycles. The Morgan fingerprint density at radius 3 is 2.70 bits per heavy atom. The Balaban J connectivity index is 1.75. The van der Waals surface area contributed by atoms with Crippen molar-refractivity contribution in [3.8, 4) is 11.3 Å². The Hall–Kier alpha value is -1.56. The summed E-state index contributed by atoms with van der Waals surface area (Å²) >= 11 is 12.1. The lowest BCUT2D eigenvalue weighted by molar-refractivity contribution is 0.0842. The molecule has 1 aromatic carbocycles. The molecule has 5 nitrogen and oxygen atoms in total. The fraction of sp³-hybridized carbons (Fsp3) is 0.375. The molecule has 122 valence electrons. The van der Waals surface area contributed by atoms with Gasteiger partial charge in [0.25, 0.3) is 5.91 Å². The summed E-state index contributed by atoms with van der Waals surface area (Å²) in [5.74, 6) is -0.0600. The van der Waals surface area contributed by atoms with Crippen molar-refractivity contribution < 1.29 is 14.4 Å². The van der Waals surface area contributed by atoms with Gasteiger partial charge in [0.05, 0.1) is 6.10 Å². The molecule has 0 spiro atoms. The lowest BCUT2D eigenvalue weighted by Gasteiger charge is -2.26. The molecule has 2 aromatic rings. The molecule has 1 aliphatic rings. The molecule has 0 bridgehead atoms. The van der Waals surface area contributed by atoms with Crippen LogP contribution in [-0.4, -0.2) is 28.3 Å². The Bertz CT molecular complexity index is 700. The summed E-state index contributed by atoms with van der Waals surface area (Å²) in [4.78, 5) is 12.3. The van der Waals surface area contributed by atoms with Crippen LogP contribution in [-0.2, 0) is 0 Å². The van der Waals surface area contributed by atoms with Crippen molar-refractivity contribution in [3.05, 3.63) is 40.0 Å². The van der Waals surface area contributed by atoms with Crippen LogP contribution in [0.3, 0.4) is 0 Å². The van der Waals surface area contributed by atoms with Gasteiger partial charge < -0.3 is 14.9 Å². The molecule has 1 aliphatic carbocycles. The van der Waals surface area contributed by atoms with Crippen LogP contribution in [0.15, 0.2) is 28.8 Å². The van der Waals surface area contributed by atoms with Crippen molar-refractivity contribution in [3.63, 3.8) is 0 Å². The first-order chi connectivity index (χ1) is 11.0. The maximum atomic E-state index is 12.3. The highest BCUT2D eigenvalue weighted by molar-refractivity contribution is 6.35. The van der Waals surface area contributed by atoms with Crippen molar-refractivity contribution in [2.24, 2.45) is 0 Å². The molecule has 3 rings (SSSR count). The van der Waals surface area contributed by atoms with Gasteiger partial charge in [-0.3, -0.25) is 4.79 Å². The summed E-state index contributed by atoms with van der Waals surface area (Å²) in [5.41, 5.74) is 0.746. The number of halogens is 2. The molecule has 7 heteroatoms. The van der Waals surface area contributed by atoms with Gasteiger partial charge >= 0.3 is 0 Å². The summed E-state index contributed by atoms with van der Waals surface area (Å²) < 4.78 is 5.22. The predicted molar refractivity (Wildman–Crippen MR) is 87.7 cm³/mol. The second-order valence-corrected chi connectivity index (χ2v) is 6.49. The van der Waals surface area contributed by atoms with Crippen LogP contribution < -0.4 is 5.32 Å². The molecule has 0 saturated heterocycles. The van der Waals surface area contributed by atoms with E-state index in [1.807, 2.05) is 0 Å². The fourth-order valence-electron chi connectivity index (χ4n) is 2.75. The zero-order valence-corrected chi connectivity index (χ0v) is 13.8. The monoisotopic (exact) mass is 354 g/mol. The molecule has 2 atom stereocenters. The number of aliphatic hydroxyl groups excluding tert-OH is 1. The minimum Gasteiger partial charge on any atom is -0.393 e. The number of hydrogen-bond acceptors (Lipinski definition) is 4. The third kappa shape index (κ3) is 3.68. The van der Waals surface area contributed by atoms with Gasteiger partial charge in [0, 0.05) is 16.6 Å². The smallest absolute Gasteiger partial charge is 0.275 e. The molecule has 0 unspecified atom stereocenters. The SMILES string of the molecule is O=C(N[C@@H]1CCC[C@H](O)C1)c1noc(-c2ccc(Cl)cc2)c1Cl. The summed E-state index contributed by atoms with van der Waals surface area (Å²) in [5, 5.41) is 17.1. The third-order valence-corrected chi connectivity index (χ3v) is 4.54. The molecule has 2 N–H and O–H groups in total. The zero-order valence-electron chi connectivity index (χ0n) is 12.3. The first kappa shape index (κ1) is 16.3. The molecule has 1 heterocycles. The van der Waals surface area contributed by atoms with E-state index in [2.05, 4.69) is 10.5 Å². The molecular formula is C16H16Cl2N2O3. The highest BCUT2D eigenvalue weighted by atomic mass is 35.5. The van der Waals surface area contributed by atoms with Gasteiger partial charge in [0.1, 0.15) is 5.02 Å². The van der Waals surface area contributed by atoms with Gasteiger partial charge in [0.15, 0.2) is 11.5 Å². The topological polar surface area (TPSA) is 75.4 Å². The van der Waals surface area contributed by atoms with E-state index in [4.69, 9.17) is 27.7 Å². The van der Waals surface area contributed by atoms with E-state index in [0.717, 1.165) is 19.3 Å². The second kappa shape index (κ2) is 6.91. The van der Waals surface area contributed by atoms with Crippen LogP contribution in [0.5, 0.6) is 0 Å². The summed E-state index contributed by atoms with van der Waals surface area (Å²) in [7, 11) is 0. The summed E-state index contributed by atoms with van der Waals surface area (Å²) in [6.45, 7) is 0. The quantitative estimate of drug-likeness (QED) is 0.881. The predicted octanol–water partition coefficient (Wildman–Crippen LogP) is 3.68. The number of aromatic nitrogens is 1. The molecule has 23 heavy (non-hydrogen) atoms. The molecule has 0 aliphatic heterocycles. The van der Waals surface area contributed by atoms with Crippen molar-refractivity contribution in [2.45, 2.75) is 37.8 Å². The van der Waals surface area contributed by atoms with Gasteiger partial charge in [-0.1, -0.05) is 28.4 Å². The number of nitrogens with one attached hydrogen (secondary N) is 1. The van der Waals surface area contributed by atoms with Gasteiger partial charge in [-0.25, -0.2) is 0 Å². The maximum absolute atomic E-state index is 12.3. The van der Waals surface area contributed by atoms with Crippen molar-refractivity contribution in [1.82, 2.24) is 10.5 Å². The average molecular weight is 355 g/mol. The summed E-state index contributed by atoms with van der Waals surface area (Å²) in [6.07, 6.45) is 2.67. The van der Waals surface area contributed by atoms with E-state index in [1.165, 1.54) is 0 Å².